The summed E-state index contributed by atoms with van der Waals surface area (Å²) >= 11 is 0. The molecular weight excluding hydrogens is 242 g/mol. The van der Waals surface area contributed by atoms with E-state index in [1.54, 1.807) is 4.80 Å². The highest BCUT2D eigenvalue weighted by Crippen LogP contribution is 2.34. The number of aliphatic hydroxyl groups is 2. The molecule has 1 aliphatic carbocycles. The van der Waals surface area contributed by atoms with Gasteiger partial charge < -0.3 is 10.2 Å². The molecule has 0 amide bonds. The van der Waals surface area contributed by atoms with E-state index in [1.165, 1.54) is 0 Å². The highest BCUT2D eigenvalue weighted by molar-refractivity contribution is 5.72. The van der Waals surface area contributed by atoms with Gasteiger partial charge in [0.25, 0.3) is 0 Å². The molecule has 2 aromatic rings. The lowest BCUT2D eigenvalue weighted by atomic mass is 9.82. The van der Waals surface area contributed by atoms with Gasteiger partial charge in [-0.25, -0.2) is 0 Å². The minimum atomic E-state index is -0.392. The van der Waals surface area contributed by atoms with Crippen LogP contribution in [0.15, 0.2) is 24.3 Å². The van der Waals surface area contributed by atoms with Crippen LogP contribution in [0.1, 0.15) is 31.7 Å². The van der Waals surface area contributed by atoms with E-state index < -0.39 is 6.10 Å². The fourth-order valence-corrected chi connectivity index (χ4v) is 2.93. The molecule has 1 aliphatic rings. The topological polar surface area (TPSA) is 71.2 Å². The molecule has 1 aromatic carbocycles. The number of rotatable bonds is 3. The lowest BCUT2D eigenvalue weighted by molar-refractivity contribution is 0.0366. The van der Waals surface area contributed by atoms with E-state index in [0.29, 0.717) is 5.92 Å². The average Bonchev–Trinajstić information content (AvgIpc) is 2.85. The summed E-state index contributed by atoms with van der Waals surface area (Å²) in [5.74, 6) is 0.451. The monoisotopic (exact) mass is 261 g/mol. The van der Waals surface area contributed by atoms with Crippen LogP contribution in [0.25, 0.3) is 11.0 Å². The molecular formula is C14H19N3O2. The van der Waals surface area contributed by atoms with Gasteiger partial charge in [-0.05, 0) is 43.7 Å². The molecule has 5 heteroatoms. The van der Waals surface area contributed by atoms with Crippen LogP contribution in [0.5, 0.6) is 0 Å². The highest BCUT2D eigenvalue weighted by atomic mass is 16.3. The number of aromatic nitrogens is 3. The van der Waals surface area contributed by atoms with Crippen LogP contribution < -0.4 is 0 Å². The second-order valence-electron chi connectivity index (χ2n) is 5.34. The maximum Gasteiger partial charge on any atom is 0.113 e. The van der Waals surface area contributed by atoms with Gasteiger partial charge in [-0.1, -0.05) is 12.1 Å². The molecule has 0 aliphatic heterocycles. The SMILES string of the molecule is OCCC1CCC(O)C(n2nc3ccccc3n2)C1. The largest absolute Gasteiger partial charge is 0.396 e. The van der Waals surface area contributed by atoms with Gasteiger partial charge in [0.1, 0.15) is 11.0 Å². The maximum absolute atomic E-state index is 10.2. The van der Waals surface area contributed by atoms with Crippen molar-refractivity contribution in [3.63, 3.8) is 0 Å². The van der Waals surface area contributed by atoms with Gasteiger partial charge in [0.05, 0.1) is 12.1 Å². The molecule has 1 aromatic heterocycles. The predicted octanol–water partition coefficient (Wildman–Crippen LogP) is 1.52. The van der Waals surface area contributed by atoms with Crippen LogP contribution in [0.2, 0.25) is 0 Å². The molecule has 3 rings (SSSR count). The quantitative estimate of drug-likeness (QED) is 0.878. The lowest BCUT2D eigenvalue weighted by Crippen LogP contribution is -2.33. The van der Waals surface area contributed by atoms with Crippen LogP contribution in [0, 0.1) is 5.92 Å². The van der Waals surface area contributed by atoms with Gasteiger partial charge in [-0.2, -0.15) is 15.0 Å². The van der Waals surface area contributed by atoms with E-state index in [-0.39, 0.29) is 12.6 Å². The Balaban J connectivity index is 1.86. The van der Waals surface area contributed by atoms with Crippen LogP contribution in [0.4, 0.5) is 0 Å². The Morgan fingerprint density at radius 3 is 2.47 bits per heavy atom. The zero-order valence-electron chi connectivity index (χ0n) is 10.8. The lowest BCUT2D eigenvalue weighted by Gasteiger charge is -2.32. The summed E-state index contributed by atoms with van der Waals surface area (Å²) in [7, 11) is 0. The molecule has 102 valence electrons. The summed E-state index contributed by atoms with van der Waals surface area (Å²) in [4.78, 5) is 1.67. The van der Waals surface area contributed by atoms with E-state index in [2.05, 4.69) is 10.2 Å². The third-order valence-corrected chi connectivity index (χ3v) is 4.03. The molecule has 0 radical (unpaired) electrons. The van der Waals surface area contributed by atoms with E-state index in [9.17, 15) is 5.11 Å². The van der Waals surface area contributed by atoms with Gasteiger partial charge in [-0.3, -0.25) is 0 Å². The summed E-state index contributed by atoms with van der Waals surface area (Å²) in [6.45, 7) is 0.210. The maximum atomic E-state index is 10.2. The van der Waals surface area contributed by atoms with Gasteiger partial charge >= 0.3 is 0 Å². The molecule has 5 nitrogen and oxygen atoms in total. The second-order valence-corrected chi connectivity index (χ2v) is 5.34. The van der Waals surface area contributed by atoms with Crippen LogP contribution in [-0.2, 0) is 0 Å². The number of hydrogen-bond donors (Lipinski definition) is 2. The molecule has 19 heavy (non-hydrogen) atoms. The molecule has 1 fully saturated rings. The number of hydrogen-bond acceptors (Lipinski definition) is 4. The fourth-order valence-electron chi connectivity index (χ4n) is 2.93. The zero-order valence-corrected chi connectivity index (χ0v) is 10.8. The Hall–Kier alpha value is -1.46. The smallest absolute Gasteiger partial charge is 0.113 e. The molecule has 3 atom stereocenters. The van der Waals surface area contributed by atoms with Crippen molar-refractivity contribution in [2.45, 2.75) is 37.8 Å². The number of aliphatic hydroxyl groups excluding tert-OH is 2. The van der Waals surface area contributed by atoms with E-state index in [0.717, 1.165) is 36.7 Å². The summed E-state index contributed by atoms with van der Waals surface area (Å²) < 4.78 is 0. The summed E-state index contributed by atoms with van der Waals surface area (Å²) in [6, 6.07) is 7.66. The van der Waals surface area contributed by atoms with Crippen molar-refractivity contribution in [2.75, 3.05) is 6.61 Å². The molecule has 0 bridgehead atoms. The van der Waals surface area contributed by atoms with E-state index in [4.69, 9.17) is 5.11 Å². The van der Waals surface area contributed by atoms with Crippen LogP contribution in [0.3, 0.4) is 0 Å². The summed E-state index contributed by atoms with van der Waals surface area (Å²) in [6.07, 6.45) is 2.97. The first kappa shape index (κ1) is 12.6. The van der Waals surface area contributed by atoms with Crippen LogP contribution in [-0.4, -0.2) is 37.9 Å². The van der Waals surface area contributed by atoms with Gasteiger partial charge in [0, 0.05) is 6.61 Å². The van der Waals surface area contributed by atoms with Crippen molar-refractivity contribution in [2.24, 2.45) is 5.92 Å². The van der Waals surface area contributed by atoms with Gasteiger partial charge in [-0.15, -0.1) is 0 Å². The van der Waals surface area contributed by atoms with Crippen LogP contribution >= 0.6 is 0 Å². The Morgan fingerprint density at radius 1 is 1.16 bits per heavy atom. The van der Waals surface area contributed by atoms with Crippen molar-refractivity contribution in [1.29, 1.82) is 0 Å². The highest BCUT2D eigenvalue weighted by Gasteiger charge is 2.31. The first-order valence-corrected chi connectivity index (χ1v) is 6.88. The molecule has 2 N–H and O–H groups in total. The molecule has 3 unspecified atom stereocenters. The predicted molar refractivity (Wildman–Crippen MR) is 71.6 cm³/mol. The number of benzene rings is 1. The van der Waals surface area contributed by atoms with Crippen molar-refractivity contribution >= 4 is 11.0 Å². The minimum Gasteiger partial charge on any atom is -0.396 e. The van der Waals surface area contributed by atoms with Gasteiger partial charge in [0.15, 0.2) is 0 Å². The first-order valence-electron chi connectivity index (χ1n) is 6.88. The van der Waals surface area contributed by atoms with Gasteiger partial charge in [0.2, 0.25) is 0 Å². The normalized spacial score (nSPS) is 27.8. The van der Waals surface area contributed by atoms with Crippen molar-refractivity contribution < 1.29 is 10.2 Å². The molecule has 1 heterocycles. The van der Waals surface area contributed by atoms with E-state index in [1.807, 2.05) is 24.3 Å². The second kappa shape index (κ2) is 5.27. The third-order valence-electron chi connectivity index (χ3n) is 4.03. The molecule has 1 saturated carbocycles. The fraction of sp³-hybridized carbons (Fsp3) is 0.571. The summed E-state index contributed by atoms with van der Waals surface area (Å²) in [5.41, 5.74) is 1.72. The standard InChI is InChI=1S/C14H19N3O2/c18-8-7-10-5-6-14(19)13(9-10)17-15-11-3-1-2-4-12(11)16-17/h1-4,10,13-14,18-19H,5-9H2. The first-order chi connectivity index (χ1) is 9.28. The summed E-state index contributed by atoms with van der Waals surface area (Å²) in [5, 5.41) is 28.2. The Bertz CT molecular complexity index is 521. The number of fused-ring (bicyclic) bond motifs is 1. The third kappa shape index (κ3) is 2.48. The van der Waals surface area contributed by atoms with Crippen molar-refractivity contribution in [3.05, 3.63) is 24.3 Å². The Kier molecular flexibility index (Phi) is 3.48. The van der Waals surface area contributed by atoms with Crippen molar-refractivity contribution in [3.8, 4) is 0 Å². The van der Waals surface area contributed by atoms with Crippen molar-refractivity contribution in [1.82, 2.24) is 15.0 Å². The minimum absolute atomic E-state index is 0.0716. The Morgan fingerprint density at radius 2 is 1.84 bits per heavy atom. The molecule has 0 spiro atoms. The molecule has 0 saturated heterocycles. The average molecular weight is 261 g/mol. The Labute approximate surface area is 111 Å². The van der Waals surface area contributed by atoms with E-state index >= 15 is 0 Å². The number of nitrogens with zero attached hydrogens (tertiary/aromatic N) is 3. The zero-order chi connectivity index (χ0) is 13.2.